The van der Waals surface area contributed by atoms with E-state index in [1.807, 2.05) is 0 Å². The summed E-state index contributed by atoms with van der Waals surface area (Å²) < 4.78 is 61.3. The summed E-state index contributed by atoms with van der Waals surface area (Å²) in [6, 6.07) is 6.64. The van der Waals surface area contributed by atoms with Gasteiger partial charge in [-0.25, -0.2) is 9.37 Å². The Morgan fingerprint density at radius 3 is 2.60 bits per heavy atom. The van der Waals surface area contributed by atoms with Gasteiger partial charge in [-0.05, 0) is 48.6 Å². The molecule has 2 aromatic carbocycles. The standard InChI is InChI=1S/C16H16FN3O2.C9H7F3O/c17-13-5-14-9(11-6-22-7-12(11)15(18)20-14)4-10(13)16(21)19-8-2-1-3-8;10-9(11,12)7-2-1-6-3-4-13-8(6)5-7/h4-5,8H,1-3,6-7H2,(H2,18,20)(H,19,21);1-2,5H,3-4H2. The van der Waals surface area contributed by atoms with E-state index < -0.39 is 17.6 Å². The number of hydrogen-bond acceptors (Lipinski definition) is 5. The smallest absolute Gasteiger partial charge is 0.416 e. The van der Waals surface area contributed by atoms with Gasteiger partial charge in [0, 0.05) is 29.5 Å². The second-order valence-electron chi connectivity index (χ2n) is 8.82. The third-order valence-corrected chi connectivity index (χ3v) is 6.53. The van der Waals surface area contributed by atoms with Crippen LogP contribution in [0.5, 0.6) is 5.75 Å². The summed E-state index contributed by atoms with van der Waals surface area (Å²) in [4.78, 5) is 16.5. The molecule has 0 unspecified atom stereocenters. The van der Waals surface area contributed by atoms with Crippen molar-refractivity contribution in [1.29, 1.82) is 0 Å². The molecule has 0 atom stereocenters. The van der Waals surface area contributed by atoms with Gasteiger partial charge in [-0.3, -0.25) is 4.79 Å². The SMILES string of the molecule is FC(F)(F)c1ccc2c(c1)OCC2.Nc1nc2cc(F)c(C(=O)NC3CCC3)cc2c2c1COC2. The molecule has 184 valence electrons. The molecule has 0 saturated heterocycles. The van der Waals surface area contributed by atoms with Gasteiger partial charge in [0.1, 0.15) is 17.4 Å². The molecule has 1 saturated carbocycles. The molecule has 1 aromatic heterocycles. The zero-order valence-corrected chi connectivity index (χ0v) is 18.7. The lowest BCUT2D eigenvalue weighted by molar-refractivity contribution is -0.137. The van der Waals surface area contributed by atoms with E-state index in [1.54, 1.807) is 6.07 Å². The highest BCUT2D eigenvalue weighted by molar-refractivity contribution is 5.99. The summed E-state index contributed by atoms with van der Waals surface area (Å²) in [5.41, 5.74) is 8.35. The Labute approximate surface area is 198 Å². The number of pyridine rings is 1. The number of aromatic nitrogens is 1. The number of ether oxygens (including phenoxy) is 2. The van der Waals surface area contributed by atoms with Gasteiger partial charge in [0.25, 0.3) is 5.91 Å². The van der Waals surface area contributed by atoms with Gasteiger partial charge in [-0.2, -0.15) is 13.2 Å². The summed E-state index contributed by atoms with van der Waals surface area (Å²) in [5.74, 6) is -0.204. The van der Waals surface area contributed by atoms with Crippen LogP contribution in [0.3, 0.4) is 0 Å². The molecule has 6 nitrogen and oxygen atoms in total. The summed E-state index contributed by atoms with van der Waals surface area (Å²) >= 11 is 0. The highest BCUT2D eigenvalue weighted by Crippen LogP contribution is 2.35. The monoisotopic (exact) mass is 489 g/mol. The summed E-state index contributed by atoms with van der Waals surface area (Å²) in [6.07, 6.45) is -0.543. The van der Waals surface area contributed by atoms with Crippen molar-refractivity contribution in [3.63, 3.8) is 0 Å². The second-order valence-corrected chi connectivity index (χ2v) is 8.82. The number of halogens is 4. The quantitative estimate of drug-likeness (QED) is 0.500. The van der Waals surface area contributed by atoms with Gasteiger partial charge >= 0.3 is 6.18 Å². The van der Waals surface area contributed by atoms with E-state index >= 15 is 0 Å². The number of nitrogens with one attached hydrogen (secondary N) is 1. The number of fused-ring (bicyclic) bond motifs is 4. The molecule has 3 aromatic rings. The van der Waals surface area contributed by atoms with Gasteiger partial charge in [0.2, 0.25) is 0 Å². The van der Waals surface area contributed by atoms with Crippen LogP contribution in [0.2, 0.25) is 0 Å². The van der Waals surface area contributed by atoms with E-state index in [0.29, 0.717) is 43.3 Å². The minimum atomic E-state index is -4.28. The van der Waals surface area contributed by atoms with Crippen LogP contribution >= 0.6 is 0 Å². The van der Waals surface area contributed by atoms with Crippen molar-refractivity contribution >= 4 is 22.6 Å². The average molecular weight is 489 g/mol. The number of carbonyl (C=O) groups excluding carboxylic acids is 1. The number of rotatable bonds is 2. The summed E-state index contributed by atoms with van der Waals surface area (Å²) in [7, 11) is 0. The molecular weight excluding hydrogens is 466 g/mol. The van der Waals surface area contributed by atoms with Crippen LogP contribution in [0.15, 0.2) is 30.3 Å². The van der Waals surface area contributed by atoms with Crippen LogP contribution in [-0.4, -0.2) is 23.5 Å². The van der Waals surface area contributed by atoms with Crippen LogP contribution in [0, 0.1) is 5.82 Å². The van der Waals surface area contributed by atoms with Crippen molar-refractivity contribution in [2.24, 2.45) is 0 Å². The molecule has 1 aliphatic carbocycles. The number of amides is 1. The molecular formula is C25H23F4N3O3. The lowest BCUT2D eigenvalue weighted by atomic mass is 9.92. The number of anilines is 1. The van der Waals surface area contributed by atoms with Gasteiger partial charge in [-0.15, -0.1) is 0 Å². The molecule has 0 radical (unpaired) electrons. The van der Waals surface area contributed by atoms with E-state index in [9.17, 15) is 22.4 Å². The van der Waals surface area contributed by atoms with Crippen molar-refractivity contribution in [3.05, 3.63) is 64.0 Å². The number of nitrogen functional groups attached to an aromatic ring is 1. The van der Waals surface area contributed by atoms with Crippen molar-refractivity contribution in [2.45, 2.75) is 51.1 Å². The maximum atomic E-state index is 14.3. The Balaban J connectivity index is 0.000000166. The molecule has 2 aliphatic heterocycles. The second kappa shape index (κ2) is 8.99. The van der Waals surface area contributed by atoms with Gasteiger partial charge in [0.05, 0.1) is 36.5 Å². The minimum absolute atomic E-state index is 0.0556. The molecule has 0 spiro atoms. The lowest BCUT2D eigenvalue weighted by Gasteiger charge is -2.26. The fraction of sp³-hybridized carbons (Fsp3) is 0.360. The van der Waals surface area contributed by atoms with Gasteiger partial charge in [0.15, 0.2) is 0 Å². The van der Waals surface area contributed by atoms with Crippen molar-refractivity contribution in [3.8, 4) is 5.75 Å². The summed E-state index contributed by atoms with van der Waals surface area (Å²) in [5, 5.41) is 3.60. The van der Waals surface area contributed by atoms with Crippen LogP contribution in [0.1, 0.15) is 51.9 Å². The molecule has 35 heavy (non-hydrogen) atoms. The third-order valence-electron chi connectivity index (χ3n) is 6.53. The molecule has 10 heteroatoms. The molecule has 1 amide bonds. The molecule has 3 aliphatic rings. The molecule has 3 N–H and O–H groups in total. The van der Waals surface area contributed by atoms with Crippen molar-refractivity contribution in [1.82, 2.24) is 10.3 Å². The van der Waals surface area contributed by atoms with Crippen LogP contribution in [0.4, 0.5) is 23.4 Å². The Hall–Kier alpha value is -3.40. The first-order chi connectivity index (χ1) is 16.7. The Morgan fingerprint density at radius 2 is 1.89 bits per heavy atom. The first-order valence-corrected chi connectivity index (χ1v) is 11.3. The van der Waals surface area contributed by atoms with E-state index in [4.69, 9.17) is 15.2 Å². The average Bonchev–Trinajstić information content (AvgIpc) is 3.45. The predicted octanol–water partition coefficient (Wildman–Crippen LogP) is 4.91. The fourth-order valence-corrected chi connectivity index (χ4v) is 4.32. The maximum Gasteiger partial charge on any atom is 0.416 e. The topological polar surface area (TPSA) is 86.5 Å². The largest absolute Gasteiger partial charge is 0.493 e. The van der Waals surface area contributed by atoms with Crippen molar-refractivity contribution < 1.29 is 31.8 Å². The number of benzene rings is 2. The van der Waals surface area contributed by atoms with E-state index in [1.165, 1.54) is 12.1 Å². The number of hydrogen-bond donors (Lipinski definition) is 2. The highest BCUT2D eigenvalue weighted by Gasteiger charge is 2.32. The van der Waals surface area contributed by atoms with E-state index in [0.717, 1.165) is 53.5 Å². The molecule has 6 rings (SSSR count). The zero-order chi connectivity index (χ0) is 24.7. The van der Waals surface area contributed by atoms with Gasteiger partial charge < -0.3 is 20.5 Å². The van der Waals surface area contributed by atoms with Gasteiger partial charge in [-0.1, -0.05) is 6.07 Å². The van der Waals surface area contributed by atoms with E-state index in [2.05, 4.69) is 10.3 Å². The number of alkyl halides is 3. The molecule has 0 bridgehead atoms. The van der Waals surface area contributed by atoms with Crippen LogP contribution in [-0.2, 0) is 30.5 Å². The van der Waals surface area contributed by atoms with Crippen molar-refractivity contribution in [2.75, 3.05) is 12.3 Å². The summed E-state index contributed by atoms with van der Waals surface area (Å²) in [6.45, 7) is 1.30. The number of nitrogens with two attached hydrogens (primary N) is 1. The first-order valence-electron chi connectivity index (χ1n) is 11.3. The Bertz CT molecular complexity index is 1310. The van der Waals surface area contributed by atoms with Crippen LogP contribution in [0.25, 0.3) is 10.9 Å². The normalized spacial score (nSPS) is 16.6. The highest BCUT2D eigenvalue weighted by atomic mass is 19.4. The lowest BCUT2D eigenvalue weighted by Crippen LogP contribution is -2.39. The van der Waals surface area contributed by atoms with Crippen LogP contribution < -0.4 is 15.8 Å². The maximum absolute atomic E-state index is 14.3. The first kappa shape index (κ1) is 23.3. The number of nitrogens with zero attached hydrogens (tertiary/aromatic N) is 1. The third kappa shape index (κ3) is 4.62. The number of carbonyl (C=O) groups is 1. The molecule has 1 fully saturated rings. The fourth-order valence-electron chi connectivity index (χ4n) is 4.32. The van der Waals surface area contributed by atoms with E-state index in [-0.39, 0.29) is 17.5 Å². The minimum Gasteiger partial charge on any atom is -0.493 e. The zero-order valence-electron chi connectivity index (χ0n) is 18.7. The molecule has 3 heterocycles. The Morgan fingerprint density at radius 1 is 1.11 bits per heavy atom. The predicted molar refractivity (Wildman–Crippen MR) is 120 cm³/mol. The Kier molecular flexibility index (Phi) is 6.00.